The first-order chi connectivity index (χ1) is 15.0. The highest BCUT2D eigenvalue weighted by molar-refractivity contribution is 8.01. The zero-order valence-electron chi connectivity index (χ0n) is 21.5. The number of Topliss-reactive ketones (excluding diaryl/α,β-unsaturated/α-hetero) is 1. The highest BCUT2D eigenvalue weighted by Crippen LogP contribution is 2.39. The fourth-order valence-electron chi connectivity index (χ4n) is 4.92. The number of carbonyl (C=O) groups is 2. The number of hydrogen-bond acceptors (Lipinski definition) is 3. The third-order valence-corrected chi connectivity index (χ3v) is 8.67. The Hall–Kier alpha value is -1.29. The van der Waals surface area contributed by atoms with Crippen LogP contribution in [0.25, 0.3) is 0 Å². The number of carbonyl (C=O) groups excluding carboxylic acids is 2. The molecule has 1 saturated heterocycles. The van der Waals surface area contributed by atoms with Gasteiger partial charge in [0.1, 0.15) is 5.78 Å². The van der Waals surface area contributed by atoms with Crippen LogP contribution in [-0.2, 0) is 15.0 Å². The van der Waals surface area contributed by atoms with Gasteiger partial charge in [-0.15, -0.1) is 11.8 Å². The topological polar surface area (TPSA) is 37.4 Å². The van der Waals surface area contributed by atoms with Crippen LogP contribution in [0.5, 0.6) is 0 Å². The van der Waals surface area contributed by atoms with Crippen molar-refractivity contribution in [1.29, 1.82) is 0 Å². The van der Waals surface area contributed by atoms with Crippen molar-refractivity contribution >= 4 is 29.1 Å². The minimum absolute atomic E-state index is 0.0978. The fraction of sp³-hybridized carbons (Fsp3) is 0.714. The van der Waals surface area contributed by atoms with E-state index in [0.717, 1.165) is 25.1 Å². The Balaban J connectivity index is 2.04. The first-order valence-corrected chi connectivity index (χ1v) is 13.5. The molecule has 0 bridgehead atoms. The first-order valence-electron chi connectivity index (χ1n) is 12.6. The molecule has 2 atom stereocenters. The van der Waals surface area contributed by atoms with E-state index in [-0.39, 0.29) is 27.8 Å². The van der Waals surface area contributed by atoms with E-state index in [2.05, 4.69) is 52.0 Å². The summed E-state index contributed by atoms with van der Waals surface area (Å²) < 4.78 is 0. The molecule has 0 spiro atoms. The number of amides is 1. The van der Waals surface area contributed by atoms with Gasteiger partial charge in [0.2, 0.25) is 5.91 Å². The maximum absolute atomic E-state index is 13.2. The first kappa shape index (κ1) is 27.0. The molecule has 1 aromatic carbocycles. The van der Waals surface area contributed by atoms with Gasteiger partial charge in [-0.25, -0.2) is 0 Å². The summed E-state index contributed by atoms with van der Waals surface area (Å²) in [5.41, 5.74) is 1.77. The molecule has 32 heavy (non-hydrogen) atoms. The molecule has 180 valence electrons. The molecule has 1 aliphatic heterocycles. The lowest BCUT2D eigenvalue weighted by Gasteiger charge is -2.34. The Bertz CT molecular complexity index is 753. The Kier molecular flexibility index (Phi) is 9.87. The quantitative estimate of drug-likeness (QED) is 0.286. The second-order valence-electron chi connectivity index (χ2n) is 10.9. The van der Waals surface area contributed by atoms with Gasteiger partial charge in [-0.2, -0.15) is 0 Å². The standard InChI is InChI=1S/C28H45NO2S/c1-8-10-11-13-24(12-9-2)32-25-18-19-29(26(25)31)23-16-14-22(15-17-23)28(6,7)20-27(4,5)21(3)30/h14-17,24-25H,8-13,18-20H2,1-7H3. The molecular weight excluding hydrogens is 414 g/mol. The number of rotatable bonds is 13. The minimum atomic E-state index is -0.344. The molecule has 2 rings (SSSR count). The van der Waals surface area contributed by atoms with Gasteiger partial charge < -0.3 is 4.90 Å². The van der Waals surface area contributed by atoms with Crippen LogP contribution in [0.1, 0.15) is 105 Å². The van der Waals surface area contributed by atoms with Crippen molar-refractivity contribution in [2.24, 2.45) is 5.41 Å². The summed E-state index contributed by atoms with van der Waals surface area (Å²) in [5, 5.41) is 0.703. The molecule has 2 unspecified atom stereocenters. The Morgan fingerprint density at radius 2 is 1.72 bits per heavy atom. The van der Waals surface area contributed by atoms with E-state index in [9.17, 15) is 9.59 Å². The monoisotopic (exact) mass is 459 g/mol. The van der Waals surface area contributed by atoms with E-state index < -0.39 is 0 Å². The van der Waals surface area contributed by atoms with Crippen molar-refractivity contribution in [2.75, 3.05) is 11.4 Å². The lowest BCUT2D eigenvalue weighted by Crippen LogP contribution is -2.32. The molecule has 0 radical (unpaired) electrons. The summed E-state index contributed by atoms with van der Waals surface area (Å²) in [4.78, 5) is 27.2. The van der Waals surface area contributed by atoms with Gasteiger partial charge in [-0.05, 0) is 55.7 Å². The fourth-order valence-corrected chi connectivity index (χ4v) is 6.54. The summed E-state index contributed by atoms with van der Waals surface area (Å²) in [6, 6.07) is 8.47. The zero-order chi connectivity index (χ0) is 23.9. The number of benzene rings is 1. The van der Waals surface area contributed by atoms with Crippen molar-refractivity contribution in [3.63, 3.8) is 0 Å². The van der Waals surface area contributed by atoms with Gasteiger partial charge in [0, 0.05) is 22.9 Å². The largest absolute Gasteiger partial charge is 0.311 e. The summed E-state index contributed by atoms with van der Waals surface area (Å²) in [6.45, 7) is 15.4. The number of anilines is 1. The van der Waals surface area contributed by atoms with Crippen molar-refractivity contribution in [1.82, 2.24) is 0 Å². The summed E-state index contributed by atoms with van der Waals surface area (Å²) in [5.74, 6) is 0.501. The van der Waals surface area contributed by atoms with Crippen molar-refractivity contribution in [2.45, 2.75) is 116 Å². The SMILES string of the molecule is CCCCCC(CCC)SC1CCN(c2ccc(C(C)(C)CC(C)(C)C(C)=O)cc2)C1=O. The van der Waals surface area contributed by atoms with Crippen LogP contribution in [0.3, 0.4) is 0 Å². The highest BCUT2D eigenvalue weighted by Gasteiger charge is 2.36. The minimum Gasteiger partial charge on any atom is -0.311 e. The maximum atomic E-state index is 13.2. The number of unbranched alkanes of at least 4 members (excludes halogenated alkanes) is 2. The van der Waals surface area contributed by atoms with Gasteiger partial charge >= 0.3 is 0 Å². The van der Waals surface area contributed by atoms with Crippen LogP contribution in [0.4, 0.5) is 5.69 Å². The molecule has 1 aromatic rings. The van der Waals surface area contributed by atoms with Gasteiger partial charge in [0.25, 0.3) is 0 Å². The molecule has 0 saturated carbocycles. The molecule has 4 heteroatoms. The van der Waals surface area contributed by atoms with Crippen LogP contribution in [0.2, 0.25) is 0 Å². The third kappa shape index (κ3) is 7.10. The number of ketones is 1. The average molecular weight is 460 g/mol. The molecule has 1 heterocycles. The Morgan fingerprint density at radius 3 is 2.28 bits per heavy atom. The molecule has 1 fully saturated rings. The van der Waals surface area contributed by atoms with Crippen LogP contribution >= 0.6 is 11.8 Å². The van der Waals surface area contributed by atoms with Crippen LogP contribution in [0.15, 0.2) is 24.3 Å². The van der Waals surface area contributed by atoms with Gasteiger partial charge in [0.05, 0.1) is 5.25 Å². The molecule has 0 N–H and O–H groups in total. The average Bonchev–Trinajstić information content (AvgIpc) is 3.08. The normalized spacial score (nSPS) is 18.3. The van der Waals surface area contributed by atoms with Gasteiger partial charge in [-0.1, -0.05) is 79.4 Å². The van der Waals surface area contributed by atoms with Crippen molar-refractivity contribution in [3.05, 3.63) is 29.8 Å². The summed E-state index contributed by atoms with van der Waals surface area (Å²) in [6.07, 6.45) is 9.18. The number of thioether (sulfide) groups is 1. The van der Waals surface area contributed by atoms with E-state index in [1.807, 2.05) is 30.5 Å². The molecule has 0 aromatic heterocycles. The Labute approximate surface area is 201 Å². The second-order valence-corrected chi connectivity index (χ2v) is 12.4. The molecule has 1 aliphatic rings. The van der Waals surface area contributed by atoms with Gasteiger partial charge in [-0.3, -0.25) is 9.59 Å². The summed E-state index contributed by atoms with van der Waals surface area (Å²) in [7, 11) is 0. The van der Waals surface area contributed by atoms with E-state index in [1.165, 1.54) is 44.1 Å². The maximum Gasteiger partial charge on any atom is 0.240 e. The predicted octanol–water partition coefficient (Wildman–Crippen LogP) is 7.56. The van der Waals surface area contributed by atoms with E-state index >= 15 is 0 Å². The predicted molar refractivity (Wildman–Crippen MR) is 140 cm³/mol. The second kappa shape index (κ2) is 11.7. The van der Waals surface area contributed by atoms with Crippen molar-refractivity contribution in [3.8, 4) is 0 Å². The van der Waals surface area contributed by atoms with E-state index in [0.29, 0.717) is 5.25 Å². The number of nitrogens with zero attached hydrogens (tertiary/aromatic N) is 1. The Morgan fingerprint density at radius 1 is 1.06 bits per heavy atom. The van der Waals surface area contributed by atoms with Gasteiger partial charge in [0.15, 0.2) is 0 Å². The van der Waals surface area contributed by atoms with Crippen LogP contribution in [0, 0.1) is 5.41 Å². The van der Waals surface area contributed by atoms with E-state index in [1.54, 1.807) is 6.92 Å². The van der Waals surface area contributed by atoms with Crippen molar-refractivity contribution < 1.29 is 9.59 Å². The molecule has 3 nitrogen and oxygen atoms in total. The molecular formula is C28H45NO2S. The zero-order valence-corrected chi connectivity index (χ0v) is 22.3. The molecule has 0 aliphatic carbocycles. The van der Waals surface area contributed by atoms with E-state index in [4.69, 9.17) is 0 Å². The lowest BCUT2D eigenvalue weighted by molar-refractivity contribution is -0.125. The highest BCUT2D eigenvalue weighted by atomic mass is 32.2. The van der Waals surface area contributed by atoms with Crippen LogP contribution < -0.4 is 4.90 Å². The lowest BCUT2D eigenvalue weighted by atomic mass is 9.70. The number of hydrogen-bond donors (Lipinski definition) is 0. The molecule has 1 amide bonds. The third-order valence-electron chi connectivity index (χ3n) is 7.05. The smallest absolute Gasteiger partial charge is 0.240 e. The summed E-state index contributed by atoms with van der Waals surface area (Å²) >= 11 is 1.93. The van der Waals surface area contributed by atoms with Crippen LogP contribution in [-0.4, -0.2) is 28.7 Å².